The first-order valence-corrected chi connectivity index (χ1v) is 7.18. The standard InChI is InChI=1S/C11H15ClN4OS/c1-7-9(17-8(2)13-7)10-14-15-11(16(10)3)18-6-4-5-12/h4-6H2,1-3H3. The maximum atomic E-state index is 5.65. The van der Waals surface area contributed by atoms with Gasteiger partial charge in [0.2, 0.25) is 5.82 Å². The van der Waals surface area contributed by atoms with Gasteiger partial charge >= 0.3 is 0 Å². The number of aryl methyl sites for hydroxylation is 2. The fourth-order valence-electron chi connectivity index (χ4n) is 1.60. The molecule has 98 valence electrons. The van der Waals surface area contributed by atoms with Crippen molar-refractivity contribution in [2.45, 2.75) is 25.4 Å². The Bertz CT molecular complexity index is 537. The van der Waals surface area contributed by atoms with Gasteiger partial charge in [-0.1, -0.05) is 11.8 Å². The first kappa shape index (κ1) is 13.4. The van der Waals surface area contributed by atoms with E-state index < -0.39 is 0 Å². The van der Waals surface area contributed by atoms with Crippen LogP contribution in [0.4, 0.5) is 0 Å². The van der Waals surface area contributed by atoms with Gasteiger partial charge in [-0.05, 0) is 13.3 Å². The van der Waals surface area contributed by atoms with Crippen LogP contribution in [0.2, 0.25) is 0 Å². The highest BCUT2D eigenvalue weighted by atomic mass is 35.5. The molecule has 0 saturated carbocycles. The molecule has 0 spiro atoms. The molecule has 0 N–H and O–H groups in total. The maximum absolute atomic E-state index is 5.65. The molecule has 0 aromatic carbocycles. The lowest BCUT2D eigenvalue weighted by Gasteiger charge is -2.01. The van der Waals surface area contributed by atoms with Crippen LogP contribution in [-0.4, -0.2) is 31.4 Å². The van der Waals surface area contributed by atoms with E-state index >= 15 is 0 Å². The smallest absolute Gasteiger partial charge is 0.202 e. The second kappa shape index (κ2) is 5.75. The van der Waals surface area contributed by atoms with Gasteiger partial charge in [0, 0.05) is 25.6 Å². The fourth-order valence-corrected chi connectivity index (χ4v) is 2.74. The van der Waals surface area contributed by atoms with Crippen LogP contribution >= 0.6 is 23.4 Å². The van der Waals surface area contributed by atoms with Crippen molar-refractivity contribution in [3.63, 3.8) is 0 Å². The van der Waals surface area contributed by atoms with E-state index in [0.717, 1.165) is 23.0 Å². The molecular formula is C11H15ClN4OS. The second-order valence-electron chi connectivity index (χ2n) is 3.90. The number of aromatic nitrogens is 4. The largest absolute Gasteiger partial charge is 0.437 e. The quantitative estimate of drug-likeness (QED) is 0.480. The third-order valence-electron chi connectivity index (χ3n) is 2.45. The lowest BCUT2D eigenvalue weighted by atomic mass is 10.3. The zero-order valence-corrected chi connectivity index (χ0v) is 12.2. The average Bonchev–Trinajstić information content (AvgIpc) is 2.83. The number of hydrogen-bond acceptors (Lipinski definition) is 5. The Balaban J connectivity index is 2.22. The molecule has 0 bridgehead atoms. The van der Waals surface area contributed by atoms with E-state index in [0.29, 0.717) is 23.4 Å². The van der Waals surface area contributed by atoms with E-state index in [1.54, 1.807) is 11.8 Å². The second-order valence-corrected chi connectivity index (χ2v) is 5.34. The molecule has 2 rings (SSSR count). The molecule has 18 heavy (non-hydrogen) atoms. The van der Waals surface area contributed by atoms with Gasteiger partial charge in [0.1, 0.15) is 0 Å². The van der Waals surface area contributed by atoms with Crippen molar-refractivity contribution in [1.82, 2.24) is 19.7 Å². The van der Waals surface area contributed by atoms with Gasteiger partial charge < -0.3 is 8.98 Å². The Labute approximate surface area is 115 Å². The molecule has 2 aromatic heterocycles. The van der Waals surface area contributed by atoms with Crippen LogP contribution in [-0.2, 0) is 7.05 Å². The van der Waals surface area contributed by atoms with Crippen LogP contribution in [0.5, 0.6) is 0 Å². The summed E-state index contributed by atoms with van der Waals surface area (Å²) >= 11 is 7.30. The van der Waals surface area contributed by atoms with Crippen LogP contribution in [0.25, 0.3) is 11.6 Å². The molecule has 0 atom stereocenters. The van der Waals surface area contributed by atoms with Crippen molar-refractivity contribution in [3.8, 4) is 11.6 Å². The summed E-state index contributed by atoms with van der Waals surface area (Å²) < 4.78 is 7.48. The molecule has 7 heteroatoms. The summed E-state index contributed by atoms with van der Waals surface area (Å²) in [6, 6.07) is 0. The summed E-state index contributed by atoms with van der Waals surface area (Å²) in [4.78, 5) is 4.24. The summed E-state index contributed by atoms with van der Waals surface area (Å²) in [7, 11) is 1.93. The molecular weight excluding hydrogens is 272 g/mol. The van der Waals surface area contributed by atoms with E-state index in [-0.39, 0.29) is 0 Å². The third-order valence-corrected chi connectivity index (χ3v) is 3.82. The first-order chi connectivity index (χ1) is 8.63. The Morgan fingerprint density at radius 3 is 2.72 bits per heavy atom. The Morgan fingerprint density at radius 1 is 1.33 bits per heavy atom. The van der Waals surface area contributed by atoms with Crippen molar-refractivity contribution < 1.29 is 4.42 Å². The highest BCUT2D eigenvalue weighted by Gasteiger charge is 2.17. The highest BCUT2D eigenvalue weighted by Crippen LogP contribution is 2.26. The zero-order chi connectivity index (χ0) is 13.1. The Kier molecular flexibility index (Phi) is 4.29. The zero-order valence-electron chi connectivity index (χ0n) is 10.6. The molecule has 5 nitrogen and oxygen atoms in total. The minimum absolute atomic E-state index is 0.641. The lowest BCUT2D eigenvalue weighted by molar-refractivity contribution is 0.527. The van der Waals surface area contributed by atoms with Gasteiger partial charge in [0.15, 0.2) is 16.8 Å². The molecule has 0 aliphatic rings. The number of nitrogens with zero attached hydrogens (tertiary/aromatic N) is 4. The molecule has 0 radical (unpaired) electrons. The molecule has 0 aliphatic heterocycles. The van der Waals surface area contributed by atoms with Crippen LogP contribution < -0.4 is 0 Å². The Morgan fingerprint density at radius 2 is 2.11 bits per heavy atom. The Hall–Kier alpha value is -1.01. The molecule has 0 aliphatic carbocycles. The van der Waals surface area contributed by atoms with Gasteiger partial charge in [-0.2, -0.15) is 0 Å². The topological polar surface area (TPSA) is 56.7 Å². The summed E-state index contributed by atoms with van der Waals surface area (Å²) in [5.74, 6) is 3.64. The van der Waals surface area contributed by atoms with Crippen LogP contribution in [0.3, 0.4) is 0 Å². The number of oxazole rings is 1. The van der Waals surface area contributed by atoms with Crippen molar-refractivity contribution in [1.29, 1.82) is 0 Å². The van der Waals surface area contributed by atoms with Crippen LogP contribution in [0.15, 0.2) is 9.57 Å². The summed E-state index contributed by atoms with van der Waals surface area (Å²) in [6.07, 6.45) is 0.953. The van der Waals surface area contributed by atoms with Gasteiger partial charge in [-0.25, -0.2) is 4.98 Å². The van der Waals surface area contributed by atoms with Crippen LogP contribution in [0.1, 0.15) is 18.0 Å². The predicted molar refractivity (Wildman–Crippen MR) is 72.0 cm³/mol. The highest BCUT2D eigenvalue weighted by molar-refractivity contribution is 7.99. The molecule has 0 amide bonds. The van der Waals surface area contributed by atoms with E-state index in [4.69, 9.17) is 16.0 Å². The monoisotopic (exact) mass is 286 g/mol. The summed E-state index contributed by atoms with van der Waals surface area (Å²) in [5, 5.41) is 9.19. The van der Waals surface area contributed by atoms with Gasteiger partial charge in [-0.3, -0.25) is 0 Å². The molecule has 0 saturated heterocycles. The van der Waals surface area contributed by atoms with E-state index in [1.807, 2.05) is 25.5 Å². The number of hydrogen-bond donors (Lipinski definition) is 0. The normalized spacial score (nSPS) is 11.1. The number of rotatable bonds is 5. The van der Waals surface area contributed by atoms with Crippen molar-refractivity contribution in [2.75, 3.05) is 11.6 Å². The number of alkyl halides is 1. The molecule has 0 unspecified atom stereocenters. The molecule has 2 heterocycles. The van der Waals surface area contributed by atoms with Crippen molar-refractivity contribution >= 4 is 23.4 Å². The van der Waals surface area contributed by atoms with Crippen LogP contribution in [0, 0.1) is 13.8 Å². The van der Waals surface area contributed by atoms with Crippen molar-refractivity contribution in [3.05, 3.63) is 11.6 Å². The van der Waals surface area contributed by atoms with E-state index in [1.165, 1.54) is 0 Å². The lowest BCUT2D eigenvalue weighted by Crippen LogP contribution is -1.95. The average molecular weight is 287 g/mol. The molecule has 0 fully saturated rings. The molecule has 2 aromatic rings. The first-order valence-electron chi connectivity index (χ1n) is 5.66. The predicted octanol–water partition coefficient (Wildman–Crippen LogP) is 2.81. The summed E-state index contributed by atoms with van der Waals surface area (Å²) in [6.45, 7) is 3.73. The SMILES string of the molecule is Cc1nc(C)c(-c2nnc(SCCCCl)n2C)o1. The summed E-state index contributed by atoms with van der Waals surface area (Å²) in [5.41, 5.74) is 0.834. The number of thioether (sulfide) groups is 1. The minimum Gasteiger partial charge on any atom is -0.437 e. The number of halogens is 1. The van der Waals surface area contributed by atoms with Gasteiger partial charge in [0.05, 0.1) is 5.69 Å². The van der Waals surface area contributed by atoms with Crippen molar-refractivity contribution in [2.24, 2.45) is 7.05 Å². The fraction of sp³-hybridized carbons (Fsp3) is 0.545. The minimum atomic E-state index is 0.641. The van der Waals surface area contributed by atoms with Gasteiger partial charge in [-0.15, -0.1) is 21.8 Å². The third kappa shape index (κ3) is 2.70. The van der Waals surface area contributed by atoms with E-state index in [9.17, 15) is 0 Å². The van der Waals surface area contributed by atoms with E-state index in [2.05, 4.69) is 15.2 Å². The maximum Gasteiger partial charge on any atom is 0.202 e. The van der Waals surface area contributed by atoms with Gasteiger partial charge in [0.25, 0.3) is 0 Å².